The van der Waals surface area contributed by atoms with E-state index in [0.29, 0.717) is 44.8 Å². The molecule has 0 aliphatic carbocycles. The third-order valence-corrected chi connectivity index (χ3v) is 5.53. The Morgan fingerprint density at radius 3 is 2.50 bits per heavy atom. The summed E-state index contributed by atoms with van der Waals surface area (Å²) in [7, 11) is 0. The number of hydrogen-bond acceptors (Lipinski definition) is 5. The lowest BCUT2D eigenvalue weighted by Crippen LogP contribution is -2.47. The molecule has 3 heterocycles. The normalized spacial score (nSPS) is 18.4. The fourth-order valence-electron chi connectivity index (χ4n) is 3.98. The van der Waals surface area contributed by atoms with E-state index in [1.165, 1.54) is 5.56 Å². The molecule has 1 aromatic heterocycles. The molecule has 2 aromatic rings. The second kappa shape index (κ2) is 7.89. The lowest BCUT2D eigenvalue weighted by atomic mass is 10.0. The summed E-state index contributed by atoms with van der Waals surface area (Å²) in [6.07, 6.45) is 3.22. The Morgan fingerprint density at radius 1 is 1.14 bits per heavy atom. The summed E-state index contributed by atoms with van der Waals surface area (Å²) < 4.78 is 11.5. The number of nitrogens with zero attached hydrogens (tertiary/aromatic N) is 3. The zero-order valence-corrected chi connectivity index (χ0v) is 16.6. The lowest BCUT2D eigenvalue weighted by molar-refractivity contribution is -0.181. The Hall–Kier alpha value is -2.44. The number of benzene rings is 1. The molecule has 0 bridgehead atoms. The van der Waals surface area contributed by atoms with Crippen LogP contribution >= 0.6 is 0 Å². The van der Waals surface area contributed by atoms with Crippen LogP contribution in [0.2, 0.25) is 0 Å². The predicted octanol–water partition coefficient (Wildman–Crippen LogP) is 3.53. The molecule has 0 radical (unpaired) electrons. The van der Waals surface area contributed by atoms with Crippen LogP contribution in [0.4, 0.5) is 11.4 Å². The van der Waals surface area contributed by atoms with Gasteiger partial charge in [0.2, 0.25) is 0 Å². The SMILES string of the molecule is CCN(c1ccc(C(=O)N2CCC3(CC2)OCCO3)nc1)c1cccc(C)c1. The van der Waals surface area contributed by atoms with Crippen LogP contribution in [-0.2, 0) is 9.47 Å². The number of piperidine rings is 1. The molecule has 0 saturated carbocycles. The highest BCUT2D eigenvalue weighted by atomic mass is 16.7. The molecule has 4 rings (SSSR count). The van der Waals surface area contributed by atoms with Gasteiger partial charge in [0.25, 0.3) is 5.91 Å². The highest BCUT2D eigenvalue weighted by Gasteiger charge is 2.41. The van der Waals surface area contributed by atoms with Crippen molar-refractivity contribution in [2.24, 2.45) is 0 Å². The summed E-state index contributed by atoms with van der Waals surface area (Å²) in [6.45, 7) is 7.57. The van der Waals surface area contributed by atoms with E-state index in [4.69, 9.17) is 9.47 Å². The Labute approximate surface area is 166 Å². The van der Waals surface area contributed by atoms with E-state index in [1.807, 2.05) is 17.0 Å². The van der Waals surface area contributed by atoms with Crippen molar-refractivity contribution in [3.63, 3.8) is 0 Å². The van der Waals surface area contributed by atoms with E-state index >= 15 is 0 Å². The first-order chi connectivity index (χ1) is 13.6. The van der Waals surface area contributed by atoms with E-state index in [1.54, 1.807) is 6.20 Å². The second-order valence-electron chi connectivity index (χ2n) is 7.38. The number of aryl methyl sites for hydroxylation is 1. The number of carbonyl (C=O) groups excluding carboxylic acids is 1. The van der Waals surface area contributed by atoms with E-state index in [9.17, 15) is 4.79 Å². The first-order valence-corrected chi connectivity index (χ1v) is 9.98. The predicted molar refractivity (Wildman–Crippen MR) is 108 cm³/mol. The Morgan fingerprint density at radius 2 is 1.89 bits per heavy atom. The number of carbonyl (C=O) groups is 1. The first kappa shape index (κ1) is 18.9. The molecule has 2 fully saturated rings. The van der Waals surface area contributed by atoms with Gasteiger partial charge in [0, 0.05) is 38.2 Å². The summed E-state index contributed by atoms with van der Waals surface area (Å²) >= 11 is 0. The Bertz CT molecular complexity index is 821. The highest BCUT2D eigenvalue weighted by molar-refractivity contribution is 5.92. The van der Waals surface area contributed by atoms with Crippen LogP contribution in [0.15, 0.2) is 42.6 Å². The number of aromatic nitrogens is 1. The smallest absolute Gasteiger partial charge is 0.272 e. The summed E-state index contributed by atoms with van der Waals surface area (Å²) in [6, 6.07) is 12.2. The zero-order chi connectivity index (χ0) is 19.6. The van der Waals surface area contributed by atoms with Gasteiger partial charge in [-0.15, -0.1) is 0 Å². The summed E-state index contributed by atoms with van der Waals surface area (Å²) in [5.74, 6) is -0.498. The molecule has 2 saturated heterocycles. The van der Waals surface area contributed by atoms with Gasteiger partial charge in [-0.05, 0) is 43.7 Å². The molecule has 2 aliphatic rings. The minimum absolute atomic E-state index is 0.0296. The van der Waals surface area contributed by atoms with Gasteiger partial charge in [0.15, 0.2) is 5.79 Å². The first-order valence-electron chi connectivity index (χ1n) is 9.98. The average molecular weight is 381 g/mol. The van der Waals surface area contributed by atoms with Crippen molar-refractivity contribution in [1.82, 2.24) is 9.88 Å². The van der Waals surface area contributed by atoms with Crippen LogP contribution < -0.4 is 4.90 Å². The number of likely N-dealkylation sites (tertiary alicyclic amines) is 1. The molecule has 0 unspecified atom stereocenters. The molecule has 6 heteroatoms. The van der Waals surface area contributed by atoms with Crippen molar-refractivity contribution in [3.05, 3.63) is 53.9 Å². The van der Waals surface area contributed by atoms with Crippen LogP contribution in [0.5, 0.6) is 0 Å². The van der Waals surface area contributed by atoms with E-state index in [0.717, 1.165) is 17.9 Å². The third-order valence-electron chi connectivity index (χ3n) is 5.53. The van der Waals surface area contributed by atoms with Gasteiger partial charge in [-0.1, -0.05) is 12.1 Å². The van der Waals surface area contributed by atoms with Crippen molar-refractivity contribution in [2.45, 2.75) is 32.5 Å². The molecule has 2 aliphatic heterocycles. The summed E-state index contributed by atoms with van der Waals surface area (Å²) in [5, 5.41) is 0. The van der Waals surface area contributed by atoms with Gasteiger partial charge in [-0.2, -0.15) is 0 Å². The fourth-order valence-corrected chi connectivity index (χ4v) is 3.98. The van der Waals surface area contributed by atoms with Gasteiger partial charge >= 0.3 is 0 Å². The van der Waals surface area contributed by atoms with Crippen molar-refractivity contribution in [1.29, 1.82) is 0 Å². The van der Waals surface area contributed by atoms with Gasteiger partial charge in [0.05, 0.1) is 25.1 Å². The minimum atomic E-state index is -0.469. The summed E-state index contributed by atoms with van der Waals surface area (Å²) in [5.41, 5.74) is 3.80. The second-order valence-corrected chi connectivity index (χ2v) is 7.38. The van der Waals surface area contributed by atoms with Crippen LogP contribution in [0.25, 0.3) is 0 Å². The monoisotopic (exact) mass is 381 g/mol. The molecule has 6 nitrogen and oxygen atoms in total. The van der Waals surface area contributed by atoms with Gasteiger partial charge in [0.1, 0.15) is 5.69 Å². The molecule has 0 N–H and O–H groups in total. The largest absolute Gasteiger partial charge is 0.347 e. The minimum Gasteiger partial charge on any atom is -0.347 e. The molecule has 28 heavy (non-hydrogen) atoms. The van der Waals surface area contributed by atoms with Crippen LogP contribution in [-0.4, -0.2) is 54.4 Å². The maximum atomic E-state index is 12.8. The number of pyridine rings is 1. The number of anilines is 2. The van der Waals surface area contributed by atoms with Crippen molar-refractivity contribution >= 4 is 17.3 Å². The molecule has 0 atom stereocenters. The van der Waals surface area contributed by atoms with Crippen molar-refractivity contribution in [3.8, 4) is 0 Å². The topological polar surface area (TPSA) is 54.9 Å². The van der Waals surface area contributed by atoms with Crippen molar-refractivity contribution in [2.75, 3.05) is 37.7 Å². The summed E-state index contributed by atoms with van der Waals surface area (Å²) in [4.78, 5) is 21.3. The zero-order valence-electron chi connectivity index (χ0n) is 16.6. The number of hydrogen-bond donors (Lipinski definition) is 0. The van der Waals surface area contributed by atoms with Crippen LogP contribution in [0.3, 0.4) is 0 Å². The Kier molecular flexibility index (Phi) is 5.33. The molecular formula is C22H27N3O3. The maximum absolute atomic E-state index is 12.8. The quantitative estimate of drug-likeness (QED) is 0.811. The van der Waals surface area contributed by atoms with Gasteiger partial charge < -0.3 is 19.3 Å². The maximum Gasteiger partial charge on any atom is 0.272 e. The number of ether oxygens (including phenoxy) is 2. The van der Waals surface area contributed by atoms with E-state index in [2.05, 4.69) is 48.0 Å². The van der Waals surface area contributed by atoms with Crippen molar-refractivity contribution < 1.29 is 14.3 Å². The molecule has 148 valence electrons. The fraction of sp³-hybridized carbons (Fsp3) is 0.455. The van der Waals surface area contributed by atoms with E-state index < -0.39 is 5.79 Å². The van der Waals surface area contributed by atoms with E-state index in [-0.39, 0.29) is 5.91 Å². The third kappa shape index (κ3) is 3.75. The van der Waals surface area contributed by atoms with Gasteiger partial charge in [-0.25, -0.2) is 4.98 Å². The molecule has 1 aromatic carbocycles. The number of amides is 1. The standard InChI is InChI=1S/C22H27N3O3/c1-3-25(18-6-4-5-17(2)15-18)19-7-8-20(23-16-19)21(26)24-11-9-22(10-12-24)27-13-14-28-22/h4-8,15-16H,3,9-14H2,1-2H3. The molecule has 1 spiro atoms. The highest BCUT2D eigenvalue weighted by Crippen LogP contribution is 2.32. The van der Waals surface area contributed by atoms with Crippen LogP contribution in [0.1, 0.15) is 35.8 Å². The van der Waals surface area contributed by atoms with Crippen LogP contribution in [0, 0.1) is 6.92 Å². The Balaban J connectivity index is 1.44. The molecule has 1 amide bonds. The average Bonchev–Trinajstić information content (AvgIpc) is 3.17. The lowest BCUT2D eigenvalue weighted by Gasteiger charge is -2.37. The van der Waals surface area contributed by atoms with Gasteiger partial charge in [-0.3, -0.25) is 4.79 Å². The molecular weight excluding hydrogens is 354 g/mol. The number of rotatable bonds is 4.